The van der Waals surface area contributed by atoms with Gasteiger partial charge in [-0.1, -0.05) is 25.6 Å². The number of nitro groups is 1. The Balaban J connectivity index is 2.06. The predicted molar refractivity (Wildman–Crippen MR) is 105 cm³/mol. The second-order valence-electron chi connectivity index (χ2n) is 5.76. The molecule has 9 nitrogen and oxygen atoms in total. The molecule has 0 amide bonds. The van der Waals surface area contributed by atoms with Crippen molar-refractivity contribution >= 4 is 29.4 Å². The molecule has 1 atom stereocenters. The summed E-state index contributed by atoms with van der Waals surface area (Å²) in [6, 6.07) is 7.65. The van der Waals surface area contributed by atoms with E-state index in [0.717, 1.165) is 0 Å². The van der Waals surface area contributed by atoms with Gasteiger partial charge in [0.2, 0.25) is 11.8 Å². The number of nitrogens with zero attached hydrogens (tertiary/aromatic N) is 4. The van der Waals surface area contributed by atoms with Gasteiger partial charge in [0, 0.05) is 18.3 Å². The highest BCUT2D eigenvalue weighted by molar-refractivity contribution is 8.00. The van der Waals surface area contributed by atoms with Crippen LogP contribution in [0.1, 0.15) is 13.8 Å². The molecule has 2 rings (SSSR count). The third kappa shape index (κ3) is 6.10. The molecule has 0 bridgehead atoms. The van der Waals surface area contributed by atoms with Crippen LogP contribution in [0.15, 0.2) is 40.6 Å². The Morgan fingerprint density at radius 2 is 1.78 bits per heavy atom. The maximum atomic E-state index is 10.7. The Morgan fingerprint density at radius 3 is 2.26 bits per heavy atom. The van der Waals surface area contributed by atoms with Crippen LogP contribution < -0.4 is 14.9 Å². The molecule has 0 saturated heterocycles. The van der Waals surface area contributed by atoms with Gasteiger partial charge in [-0.3, -0.25) is 15.5 Å². The molecule has 0 fully saturated rings. The van der Waals surface area contributed by atoms with Crippen molar-refractivity contribution in [2.45, 2.75) is 24.3 Å². The molecule has 0 radical (unpaired) electrons. The second kappa shape index (κ2) is 9.72. The smallest absolute Gasteiger partial charge is 0.269 e. The van der Waals surface area contributed by atoms with Crippen molar-refractivity contribution < 1.29 is 14.4 Å². The number of nitrogens with one attached hydrogen (secondary N) is 1. The first-order valence-electron chi connectivity index (χ1n) is 8.10. The van der Waals surface area contributed by atoms with E-state index in [1.807, 2.05) is 0 Å². The van der Waals surface area contributed by atoms with Crippen LogP contribution in [0.4, 0.5) is 11.4 Å². The first-order valence-corrected chi connectivity index (χ1v) is 8.98. The number of ether oxygens (including phenoxy) is 2. The number of hydrogen-bond donors (Lipinski definition) is 1. The summed E-state index contributed by atoms with van der Waals surface area (Å²) in [6.07, 6.45) is 1.76. The largest absolute Gasteiger partial charge is 0.481 e. The summed E-state index contributed by atoms with van der Waals surface area (Å²) in [5.41, 5.74) is 3.56. The third-order valence-electron chi connectivity index (χ3n) is 3.47. The van der Waals surface area contributed by atoms with Gasteiger partial charge < -0.3 is 9.47 Å². The summed E-state index contributed by atoms with van der Waals surface area (Å²) in [6.45, 7) is 4.12. The minimum atomic E-state index is -0.444. The van der Waals surface area contributed by atoms with Gasteiger partial charge in [0.05, 0.1) is 36.1 Å². The average Bonchev–Trinajstić information content (AvgIpc) is 2.67. The molecule has 0 aliphatic carbocycles. The zero-order chi connectivity index (χ0) is 19.8. The molecule has 1 aromatic heterocycles. The molecule has 27 heavy (non-hydrogen) atoms. The monoisotopic (exact) mass is 391 g/mol. The molecule has 1 unspecified atom stereocenters. The number of nitro benzene ring substituents is 1. The summed E-state index contributed by atoms with van der Waals surface area (Å²) in [4.78, 5) is 18.9. The third-order valence-corrected chi connectivity index (χ3v) is 4.80. The van der Waals surface area contributed by atoms with Crippen LogP contribution in [0, 0.1) is 16.0 Å². The lowest BCUT2D eigenvalue weighted by Crippen LogP contribution is -2.14. The Morgan fingerprint density at radius 1 is 1.19 bits per heavy atom. The molecule has 0 spiro atoms. The van der Waals surface area contributed by atoms with Crippen molar-refractivity contribution in [3.8, 4) is 11.8 Å². The normalized spacial score (nSPS) is 12.2. The van der Waals surface area contributed by atoms with Gasteiger partial charge in [0.15, 0.2) is 5.16 Å². The summed E-state index contributed by atoms with van der Waals surface area (Å²) in [7, 11) is 3.07. The Bertz CT molecular complexity index is 776. The van der Waals surface area contributed by atoms with E-state index in [1.54, 1.807) is 24.4 Å². The number of hydrogen-bond acceptors (Lipinski definition) is 9. The minimum Gasteiger partial charge on any atom is -0.481 e. The van der Waals surface area contributed by atoms with Gasteiger partial charge in [-0.25, -0.2) is 0 Å². The van der Waals surface area contributed by atoms with E-state index < -0.39 is 4.92 Å². The summed E-state index contributed by atoms with van der Waals surface area (Å²) in [5, 5.41) is 15.4. The molecule has 1 N–H and O–H groups in total. The van der Waals surface area contributed by atoms with Crippen molar-refractivity contribution in [2.24, 2.45) is 11.0 Å². The summed E-state index contributed by atoms with van der Waals surface area (Å²) >= 11 is 1.44. The van der Waals surface area contributed by atoms with E-state index in [4.69, 9.17) is 9.47 Å². The van der Waals surface area contributed by atoms with Crippen LogP contribution in [-0.4, -0.2) is 40.6 Å². The number of non-ortho nitro benzene ring substituents is 1. The first kappa shape index (κ1) is 20.4. The predicted octanol–water partition coefficient (Wildman–Crippen LogP) is 3.62. The van der Waals surface area contributed by atoms with Crippen LogP contribution in [0.2, 0.25) is 0 Å². The fourth-order valence-corrected chi connectivity index (χ4v) is 2.87. The average molecular weight is 391 g/mol. The molecule has 1 heterocycles. The van der Waals surface area contributed by atoms with Crippen molar-refractivity contribution in [1.82, 2.24) is 9.97 Å². The molecule has 0 aliphatic heterocycles. The van der Waals surface area contributed by atoms with Crippen LogP contribution >= 0.6 is 11.8 Å². The van der Waals surface area contributed by atoms with Crippen molar-refractivity contribution in [3.63, 3.8) is 0 Å². The SMILES string of the molecule is COc1cc(OC)nc(SC(C=NNc2ccc([N+](=O)[O-])cc2)C(C)C)n1. The number of aromatic nitrogens is 2. The van der Waals surface area contributed by atoms with Crippen LogP contribution in [-0.2, 0) is 0 Å². The summed E-state index contributed by atoms with van der Waals surface area (Å²) in [5.74, 6) is 1.11. The highest BCUT2D eigenvalue weighted by Crippen LogP contribution is 2.28. The quantitative estimate of drug-likeness (QED) is 0.227. The molecule has 0 aliphatic rings. The number of thioether (sulfide) groups is 1. The summed E-state index contributed by atoms with van der Waals surface area (Å²) < 4.78 is 10.3. The van der Waals surface area contributed by atoms with Gasteiger partial charge in [0.1, 0.15) is 0 Å². The van der Waals surface area contributed by atoms with Gasteiger partial charge in [-0.2, -0.15) is 15.1 Å². The highest BCUT2D eigenvalue weighted by Gasteiger charge is 2.16. The van der Waals surface area contributed by atoms with E-state index in [1.165, 1.54) is 38.1 Å². The standard InChI is InChI=1S/C17H21N5O4S/c1-11(2)14(27-17-19-15(25-3)9-16(20-17)26-4)10-18-21-12-5-7-13(8-6-12)22(23)24/h5-11,14,21H,1-4H3. The van der Waals surface area contributed by atoms with Crippen molar-refractivity contribution in [1.29, 1.82) is 0 Å². The number of benzene rings is 1. The fraction of sp³-hybridized carbons (Fsp3) is 0.353. The van der Waals surface area contributed by atoms with Crippen LogP contribution in [0.25, 0.3) is 0 Å². The minimum absolute atomic E-state index is 0.00707. The molecule has 144 valence electrons. The highest BCUT2D eigenvalue weighted by atomic mass is 32.2. The van der Waals surface area contributed by atoms with E-state index in [-0.39, 0.29) is 16.9 Å². The molecule has 1 aromatic carbocycles. The molecule has 2 aromatic rings. The fourth-order valence-electron chi connectivity index (χ4n) is 1.95. The van der Waals surface area contributed by atoms with Crippen molar-refractivity contribution in [2.75, 3.05) is 19.6 Å². The number of methoxy groups -OCH3 is 2. The Kier molecular flexibility index (Phi) is 7.35. The lowest BCUT2D eigenvalue weighted by atomic mass is 10.1. The van der Waals surface area contributed by atoms with E-state index in [2.05, 4.69) is 34.3 Å². The lowest BCUT2D eigenvalue weighted by molar-refractivity contribution is -0.384. The zero-order valence-electron chi connectivity index (χ0n) is 15.4. The van der Waals surface area contributed by atoms with Gasteiger partial charge in [0.25, 0.3) is 5.69 Å². The van der Waals surface area contributed by atoms with E-state index >= 15 is 0 Å². The molecule has 10 heteroatoms. The van der Waals surface area contributed by atoms with Gasteiger partial charge in [-0.15, -0.1) is 0 Å². The Hall–Kier alpha value is -2.88. The van der Waals surface area contributed by atoms with Crippen molar-refractivity contribution in [3.05, 3.63) is 40.4 Å². The van der Waals surface area contributed by atoms with Crippen LogP contribution in [0.3, 0.4) is 0 Å². The maximum Gasteiger partial charge on any atom is 0.269 e. The first-order chi connectivity index (χ1) is 12.9. The van der Waals surface area contributed by atoms with E-state index in [0.29, 0.717) is 22.6 Å². The zero-order valence-corrected chi connectivity index (χ0v) is 16.3. The van der Waals surface area contributed by atoms with E-state index in [9.17, 15) is 10.1 Å². The Labute approximate surface area is 161 Å². The number of rotatable bonds is 9. The van der Waals surface area contributed by atoms with Gasteiger partial charge >= 0.3 is 0 Å². The molecule has 0 saturated carbocycles. The maximum absolute atomic E-state index is 10.7. The molecular formula is C17H21N5O4S. The van der Waals surface area contributed by atoms with Crippen LogP contribution in [0.5, 0.6) is 11.8 Å². The number of anilines is 1. The van der Waals surface area contributed by atoms with Gasteiger partial charge in [-0.05, 0) is 18.1 Å². The lowest BCUT2D eigenvalue weighted by Gasteiger charge is -2.15. The number of hydrazone groups is 1. The second-order valence-corrected chi connectivity index (χ2v) is 6.90. The molecular weight excluding hydrogens is 370 g/mol. The topological polar surface area (TPSA) is 112 Å².